The van der Waals surface area contributed by atoms with Gasteiger partial charge >= 0.3 is 5.97 Å². The van der Waals surface area contributed by atoms with E-state index in [1.807, 2.05) is 6.92 Å². The fourth-order valence-electron chi connectivity index (χ4n) is 3.14. The fourth-order valence-corrected chi connectivity index (χ4v) is 4.57. The van der Waals surface area contributed by atoms with Gasteiger partial charge in [0, 0.05) is 18.7 Å². The van der Waals surface area contributed by atoms with E-state index in [1.54, 1.807) is 28.8 Å². The molecule has 2 N–H and O–H groups in total. The number of carboxylic acid groups (broad SMARTS) is 1. The molecule has 3 rings (SSSR count). The van der Waals surface area contributed by atoms with Crippen molar-refractivity contribution in [1.29, 1.82) is 0 Å². The first-order chi connectivity index (χ1) is 10.9. The number of nitrogens with zero attached hydrogens (tertiary/aromatic N) is 1. The van der Waals surface area contributed by atoms with E-state index in [2.05, 4.69) is 5.32 Å². The maximum atomic E-state index is 12.4. The standard InChI is InChI=1S/C16H18N2O4S/c1-16-6-5-13(19)18(16)12(9-23-16)14(20)17-8-10-3-2-4-11(7-10)15(21)22/h2-4,7,12H,5-6,8-9H2,1H3,(H,17,20)(H,21,22). The molecule has 122 valence electrons. The van der Waals surface area contributed by atoms with Crippen LogP contribution in [-0.2, 0) is 16.1 Å². The largest absolute Gasteiger partial charge is 0.478 e. The Morgan fingerprint density at radius 3 is 3.00 bits per heavy atom. The zero-order chi connectivity index (χ0) is 16.6. The summed E-state index contributed by atoms with van der Waals surface area (Å²) in [6.07, 6.45) is 1.27. The molecule has 0 radical (unpaired) electrons. The molecule has 0 spiro atoms. The number of aromatic carboxylic acids is 1. The van der Waals surface area contributed by atoms with E-state index in [-0.39, 0.29) is 28.8 Å². The maximum absolute atomic E-state index is 12.4. The van der Waals surface area contributed by atoms with Gasteiger partial charge in [0.2, 0.25) is 11.8 Å². The highest BCUT2D eigenvalue weighted by Gasteiger charge is 2.52. The molecule has 2 unspecified atom stereocenters. The second-order valence-electron chi connectivity index (χ2n) is 5.99. The lowest BCUT2D eigenvalue weighted by atomic mass is 10.1. The molecule has 1 aromatic carbocycles. The predicted molar refractivity (Wildman–Crippen MR) is 86.0 cm³/mol. The molecule has 2 saturated heterocycles. The molecule has 2 aliphatic rings. The normalized spacial score (nSPS) is 26.2. The lowest BCUT2D eigenvalue weighted by molar-refractivity contribution is -0.138. The lowest BCUT2D eigenvalue weighted by Gasteiger charge is -2.29. The molecular formula is C16H18N2O4S. The van der Waals surface area contributed by atoms with Crippen LogP contribution in [0.25, 0.3) is 0 Å². The van der Waals surface area contributed by atoms with Crippen LogP contribution >= 0.6 is 11.8 Å². The van der Waals surface area contributed by atoms with Crippen LogP contribution < -0.4 is 5.32 Å². The summed E-state index contributed by atoms with van der Waals surface area (Å²) in [6.45, 7) is 2.26. The number of carbonyl (C=O) groups excluding carboxylic acids is 2. The number of fused-ring (bicyclic) bond motifs is 1. The van der Waals surface area contributed by atoms with Gasteiger partial charge < -0.3 is 15.3 Å². The number of nitrogens with one attached hydrogen (secondary N) is 1. The molecule has 6 nitrogen and oxygen atoms in total. The molecule has 2 heterocycles. The van der Waals surface area contributed by atoms with Gasteiger partial charge in [-0.05, 0) is 31.0 Å². The molecule has 1 aromatic rings. The summed E-state index contributed by atoms with van der Waals surface area (Å²) >= 11 is 1.65. The number of carboxylic acids is 1. The molecule has 23 heavy (non-hydrogen) atoms. The molecule has 0 bridgehead atoms. The number of carbonyl (C=O) groups is 3. The van der Waals surface area contributed by atoms with Crippen LogP contribution in [0.15, 0.2) is 24.3 Å². The van der Waals surface area contributed by atoms with Gasteiger partial charge in [0.25, 0.3) is 0 Å². The summed E-state index contributed by atoms with van der Waals surface area (Å²) in [5.74, 6) is -0.546. The quantitative estimate of drug-likeness (QED) is 0.870. The van der Waals surface area contributed by atoms with Gasteiger partial charge in [-0.15, -0.1) is 11.8 Å². The third-order valence-electron chi connectivity index (χ3n) is 4.39. The first-order valence-corrected chi connectivity index (χ1v) is 8.45. The first kappa shape index (κ1) is 15.9. The molecule has 2 fully saturated rings. The van der Waals surface area contributed by atoms with Crippen LogP contribution in [0.4, 0.5) is 0 Å². The van der Waals surface area contributed by atoms with Crippen molar-refractivity contribution in [3.8, 4) is 0 Å². The van der Waals surface area contributed by atoms with E-state index in [1.165, 1.54) is 12.1 Å². The third kappa shape index (κ3) is 2.93. The van der Waals surface area contributed by atoms with E-state index < -0.39 is 12.0 Å². The number of benzene rings is 1. The van der Waals surface area contributed by atoms with Crippen molar-refractivity contribution in [1.82, 2.24) is 10.2 Å². The Bertz CT molecular complexity index is 678. The highest BCUT2D eigenvalue weighted by atomic mass is 32.2. The summed E-state index contributed by atoms with van der Waals surface area (Å²) in [4.78, 5) is 36.9. The summed E-state index contributed by atoms with van der Waals surface area (Å²) < 4.78 is 0. The van der Waals surface area contributed by atoms with Crippen molar-refractivity contribution < 1.29 is 19.5 Å². The minimum Gasteiger partial charge on any atom is -0.478 e. The minimum absolute atomic E-state index is 0.0329. The van der Waals surface area contributed by atoms with E-state index in [4.69, 9.17) is 5.11 Å². The van der Waals surface area contributed by atoms with Gasteiger partial charge in [0.05, 0.1) is 10.4 Å². The Morgan fingerprint density at radius 2 is 2.26 bits per heavy atom. The molecule has 2 aliphatic heterocycles. The lowest BCUT2D eigenvalue weighted by Crippen LogP contribution is -2.49. The molecule has 7 heteroatoms. The van der Waals surface area contributed by atoms with E-state index >= 15 is 0 Å². The molecule has 0 aromatic heterocycles. The number of thioether (sulfide) groups is 1. The van der Waals surface area contributed by atoms with Crippen molar-refractivity contribution in [3.05, 3.63) is 35.4 Å². The Labute approximate surface area is 138 Å². The van der Waals surface area contributed by atoms with Gasteiger partial charge in [-0.1, -0.05) is 12.1 Å². The van der Waals surface area contributed by atoms with Crippen molar-refractivity contribution in [2.75, 3.05) is 5.75 Å². The van der Waals surface area contributed by atoms with Gasteiger partial charge in [-0.25, -0.2) is 4.79 Å². The summed E-state index contributed by atoms with van der Waals surface area (Å²) in [5.41, 5.74) is 0.912. The van der Waals surface area contributed by atoms with Crippen molar-refractivity contribution in [3.63, 3.8) is 0 Å². The minimum atomic E-state index is -0.996. The van der Waals surface area contributed by atoms with Gasteiger partial charge in [-0.3, -0.25) is 9.59 Å². The first-order valence-electron chi connectivity index (χ1n) is 7.47. The summed E-state index contributed by atoms with van der Waals surface area (Å²) in [5, 5.41) is 11.8. The van der Waals surface area contributed by atoms with E-state index in [0.717, 1.165) is 12.0 Å². The van der Waals surface area contributed by atoms with Crippen LogP contribution in [-0.4, -0.2) is 44.5 Å². The van der Waals surface area contributed by atoms with Gasteiger partial charge in [-0.2, -0.15) is 0 Å². The number of amides is 2. The molecule has 0 aliphatic carbocycles. The molecular weight excluding hydrogens is 316 g/mol. The SMILES string of the molecule is CC12CCC(=O)N1C(C(=O)NCc1cccc(C(=O)O)c1)CS2. The summed E-state index contributed by atoms with van der Waals surface area (Å²) in [7, 11) is 0. The smallest absolute Gasteiger partial charge is 0.335 e. The Balaban J connectivity index is 1.65. The molecule has 0 saturated carbocycles. The average molecular weight is 334 g/mol. The van der Waals surface area contributed by atoms with E-state index in [9.17, 15) is 14.4 Å². The Morgan fingerprint density at radius 1 is 1.48 bits per heavy atom. The Kier molecular flexibility index (Phi) is 4.06. The third-order valence-corrected chi connectivity index (χ3v) is 5.89. The maximum Gasteiger partial charge on any atom is 0.335 e. The van der Waals surface area contributed by atoms with Gasteiger partial charge in [0.1, 0.15) is 6.04 Å². The van der Waals surface area contributed by atoms with Crippen LogP contribution in [0.1, 0.15) is 35.7 Å². The second kappa shape index (κ2) is 5.88. The van der Waals surface area contributed by atoms with Crippen molar-refractivity contribution in [2.45, 2.75) is 37.2 Å². The van der Waals surface area contributed by atoms with Crippen LogP contribution in [0.2, 0.25) is 0 Å². The molecule has 2 amide bonds. The predicted octanol–water partition coefficient (Wildman–Crippen LogP) is 1.45. The zero-order valence-corrected chi connectivity index (χ0v) is 13.6. The highest BCUT2D eigenvalue weighted by Crippen LogP contribution is 2.47. The second-order valence-corrected chi connectivity index (χ2v) is 7.49. The fraction of sp³-hybridized carbons (Fsp3) is 0.438. The van der Waals surface area contributed by atoms with Gasteiger partial charge in [0.15, 0.2) is 0 Å². The number of rotatable bonds is 4. The monoisotopic (exact) mass is 334 g/mol. The highest BCUT2D eigenvalue weighted by molar-refractivity contribution is 8.01. The van der Waals surface area contributed by atoms with Crippen LogP contribution in [0.3, 0.4) is 0 Å². The number of hydrogen-bond acceptors (Lipinski definition) is 4. The zero-order valence-electron chi connectivity index (χ0n) is 12.7. The van der Waals surface area contributed by atoms with Crippen molar-refractivity contribution in [2.24, 2.45) is 0 Å². The topological polar surface area (TPSA) is 86.7 Å². The number of hydrogen-bond donors (Lipinski definition) is 2. The van der Waals surface area contributed by atoms with Crippen LogP contribution in [0, 0.1) is 0 Å². The molecule has 2 atom stereocenters. The van der Waals surface area contributed by atoms with Crippen LogP contribution in [0.5, 0.6) is 0 Å². The van der Waals surface area contributed by atoms with E-state index in [0.29, 0.717) is 12.2 Å². The Hall–Kier alpha value is -2.02. The van der Waals surface area contributed by atoms with Crippen molar-refractivity contribution >= 4 is 29.5 Å². The summed E-state index contributed by atoms with van der Waals surface area (Å²) in [6, 6.07) is 6.02. The average Bonchev–Trinajstić information content (AvgIpc) is 3.02.